The van der Waals surface area contributed by atoms with E-state index in [-0.39, 0.29) is 11.1 Å². The van der Waals surface area contributed by atoms with Crippen molar-refractivity contribution in [2.75, 3.05) is 0 Å². The number of benzene rings is 2. The lowest BCUT2D eigenvalue weighted by Gasteiger charge is -2.14. The molecule has 5 aromatic rings. The van der Waals surface area contributed by atoms with E-state index >= 15 is 0 Å². The minimum absolute atomic E-state index is 0.0918. The third-order valence-electron chi connectivity index (χ3n) is 5.74. The molecule has 0 amide bonds. The van der Waals surface area contributed by atoms with Crippen LogP contribution in [-0.2, 0) is 12.2 Å². The van der Waals surface area contributed by atoms with Gasteiger partial charge in [-0.2, -0.15) is 0 Å². The van der Waals surface area contributed by atoms with Crippen molar-refractivity contribution in [3.05, 3.63) is 97.6 Å². The molecule has 2 aromatic carbocycles. The number of hydrogen-bond acceptors (Lipinski definition) is 6. The number of nitrogens with zero attached hydrogens (tertiary/aromatic N) is 4. The first-order valence-electron chi connectivity index (χ1n) is 11.3. The van der Waals surface area contributed by atoms with E-state index in [9.17, 15) is 9.59 Å². The summed E-state index contributed by atoms with van der Waals surface area (Å²) in [6.07, 6.45) is 3.30. The molecular weight excluding hydrogens is 464 g/mol. The second-order valence-corrected chi connectivity index (χ2v) is 9.97. The van der Waals surface area contributed by atoms with Crippen molar-refractivity contribution >= 4 is 39.0 Å². The van der Waals surface area contributed by atoms with Crippen molar-refractivity contribution < 1.29 is 0 Å². The Hall–Kier alpha value is -3.23. The normalized spacial score (nSPS) is 11.5. The first-order valence-corrected chi connectivity index (χ1v) is 13.1. The number of para-hydroxylation sites is 1. The van der Waals surface area contributed by atoms with Gasteiger partial charge in [-0.05, 0) is 49.6 Å². The number of hydrogen-bond donors (Lipinski definition) is 0. The van der Waals surface area contributed by atoms with Crippen LogP contribution in [0, 0.1) is 6.92 Å². The molecule has 0 spiro atoms. The van der Waals surface area contributed by atoms with Gasteiger partial charge in [0.05, 0.1) is 22.3 Å². The minimum Gasteiger partial charge on any atom is -0.269 e. The molecule has 0 aliphatic heterocycles. The number of rotatable bonds is 7. The predicted molar refractivity (Wildman–Crippen MR) is 140 cm³/mol. The minimum atomic E-state index is -0.105. The van der Waals surface area contributed by atoms with Gasteiger partial charge in [-0.15, -0.1) is 11.3 Å². The van der Waals surface area contributed by atoms with Gasteiger partial charge in [-0.3, -0.25) is 18.6 Å². The zero-order valence-electron chi connectivity index (χ0n) is 19.0. The molecule has 8 heteroatoms. The highest BCUT2D eigenvalue weighted by atomic mass is 32.2. The number of unbranched alkanes of at least 4 members (excludes halogenated alkanes) is 1. The standard InChI is InChI=1S/C26H24N4O2S2/c1-3-4-7-18-10-12-20(13-11-18)30-24(32)21-8-5-6-9-22(21)28-26(30)34-16-19-14-23(31)29-17(2)15-33-25(29)27-19/h5-6,8-15H,3-4,7,16H2,1-2H3. The molecule has 0 N–H and O–H groups in total. The Morgan fingerprint density at radius 2 is 1.82 bits per heavy atom. The summed E-state index contributed by atoms with van der Waals surface area (Å²) < 4.78 is 3.28. The maximum atomic E-state index is 13.5. The molecule has 0 bridgehead atoms. The monoisotopic (exact) mass is 488 g/mol. The van der Waals surface area contributed by atoms with Crippen LogP contribution in [0.4, 0.5) is 0 Å². The van der Waals surface area contributed by atoms with Crippen LogP contribution in [0.1, 0.15) is 36.7 Å². The zero-order chi connectivity index (χ0) is 23.7. The third-order valence-corrected chi connectivity index (χ3v) is 7.65. The van der Waals surface area contributed by atoms with Gasteiger partial charge >= 0.3 is 0 Å². The lowest BCUT2D eigenvalue weighted by Crippen LogP contribution is -2.22. The van der Waals surface area contributed by atoms with E-state index in [1.54, 1.807) is 21.1 Å². The molecule has 0 radical (unpaired) electrons. The fourth-order valence-corrected chi connectivity index (χ4v) is 5.74. The van der Waals surface area contributed by atoms with E-state index in [4.69, 9.17) is 4.98 Å². The van der Waals surface area contributed by atoms with Gasteiger partial charge in [0.25, 0.3) is 11.1 Å². The van der Waals surface area contributed by atoms with Crippen molar-refractivity contribution in [1.82, 2.24) is 18.9 Å². The fraction of sp³-hybridized carbons (Fsp3) is 0.231. The maximum Gasteiger partial charge on any atom is 0.266 e. The topological polar surface area (TPSA) is 69.3 Å². The van der Waals surface area contributed by atoms with Crippen LogP contribution in [0.25, 0.3) is 21.6 Å². The quantitative estimate of drug-likeness (QED) is 0.227. The number of fused-ring (bicyclic) bond motifs is 2. The summed E-state index contributed by atoms with van der Waals surface area (Å²) >= 11 is 2.86. The molecular formula is C26H24N4O2S2. The molecule has 0 aliphatic rings. The molecule has 3 heterocycles. The molecule has 0 unspecified atom stereocenters. The van der Waals surface area contributed by atoms with Gasteiger partial charge in [0.2, 0.25) is 0 Å². The summed E-state index contributed by atoms with van der Waals surface area (Å²) in [4.78, 5) is 36.2. The largest absolute Gasteiger partial charge is 0.269 e. The smallest absolute Gasteiger partial charge is 0.266 e. The second-order valence-electron chi connectivity index (χ2n) is 8.19. The lowest BCUT2D eigenvalue weighted by atomic mass is 10.1. The van der Waals surface area contributed by atoms with E-state index in [1.807, 2.05) is 42.6 Å². The number of thioether (sulfide) groups is 1. The van der Waals surface area contributed by atoms with Gasteiger partial charge in [-0.25, -0.2) is 9.97 Å². The highest BCUT2D eigenvalue weighted by molar-refractivity contribution is 7.98. The first-order chi connectivity index (χ1) is 16.5. The Kier molecular flexibility index (Phi) is 6.34. The van der Waals surface area contributed by atoms with Gasteiger partial charge in [-0.1, -0.05) is 49.4 Å². The Balaban J connectivity index is 1.55. The molecule has 0 saturated heterocycles. The SMILES string of the molecule is CCCCc1ccc(-n2c(SCc3cc(=O)n4c(C)csc4n3)nc3ccccc3c2=O)cc1. The van der Waals surface area contributed by atoms with Crippen molar-refractivity contribution in [3.63, 3.8) is 0 Å². The summed E-state index contributed by atoms with van der Waals surface area (Å²) in [6.45, 7) is 4.07. The number of aryl methyl sites for hydroxylation is 2. The van der Waals surface area contributed by atoms with Crippen LogP contribution >= 0.6 is 23.1 Å². The number of aromatic nitrogens is 4. The van der Waals surface area contributed by atoms with Gasteiger partial charge in [0.15, 0.2) is 10.1 Å². The Morgan fingerprint density at radius 1 is 1.03 bits per heavy atom. The Labute approximate surface area is 205 Å². The van der Waals surface area contributed by atoms with Crippen molar-refractivity contribution in [1.29, 1.82) is 0 Å². The van der Waals surface area contributed by atoms with Crippen molar-refractivity contribution in [2.45, 2.75) is 44.0 Å². The lowest BCUT2D eigenvalue weighted by molar-refractivity contribution is 0.791. The number of thiazole rings is 1. The first kappa shape index (κ1) is 22.6. The van der Waals surface area contributed by atoms with Crippen LogP contribution < -0.4 is 11.1 Å². The molecule has 0 saturated carbocycles. The molecule has 6 nitrogen and oxygen atoms in total. The summed E-state index contributed by atoms with van der Waals surface area (Å²) in [5, 5.41) is 3.08. The zero-order valence-corrected chi connectivity index (χ0v) is 20.7. The fourth-order valence-electron chi connectivity index (χ4n) is 3.94. The van der Waals surface area contributed by atoms with Crippen LogP contribution in [-0.4, -0.2) is 18.9 Å². The predicted octanol–water partition coefficient (Wildman–Crippen LogP) is 5.40. The summed E-state index contributed by atoms with van der Waals surface area (Å²) in [6, 6.07) is 17.1. The average molecular weight is 489 g/mol. The van der Waals surface area contributed by atoms with E-state index in [0.717, 1.165) is 30.6 Å². The summed E-state index contributed by atoms with van der Waals surface area (Å²) in [5.74, 6) is 0.433. The second kappa shape index (κ2) is 9.56. The highest BCUT2D eigenvalue weighted by Gasteiger charge is 2.15. The van der Waals surface area contributed by atoms with Crippen LogP contribution in [0.15, 0.2) is 74.7 Å². The third kappa shape index (κ3) is 4.31. The summed E-state index contributed by atoms with van der Waals surface area (Å²) in [7, 11) is 0. The van der Waals surface area contributed by atoms with Gasteiger partial charge in [0, 0.05) is 22.9 Å². The molecule has 5 rings (SSSR count). The van der Waals surface area contributed by atoms with Gasteiger partial charge < -0.3 is 0 Å². The van der Waals surface area contributed by atoms with Crippen molar-refractivity contribution in [3.8, 4) is 5.69 Å². The van der Waals surface area contributed by atoms with E-state index in [2.05, 4.69) is 24.0 Å². The summed E-state index contributed by atoms with van der Waals surface area (Å²) in [5.41, 5.74) is 4.04. The van der Waals surface area contributed by atoms with Crippen molar-refractivity contribution in [2.24, 2.45) is 0 Å². The Morgan fingerprint density at radius 3 is 2.62 bits per heavy atom. The highest BCUT2D eigenvalue weighted by Crippen LogP contribution is 2.25. The van der Waals surface area contributed by atoms with E-state index < -0.39 is 0 Å². The Bertz CT molecular complexity index is 1600. The molecule has 34 heavy (non-hydrogen) atoms. The molecule has 3 aromatic heterocycles. The average Bonchev–Trinajstić information content (AvgIpc) is 3.23. The van der Waals surface area contributed by atoms with E-state index in [1.165, 1.54) is 28.7 Å². The molecule has 0 fully saturated rings. The van der Waals surface area contributed by atoms with E-state index in [0.29, 0.717) is 32.5 Å². The van der Waals surface area contributed by atoms with Crippen LogP contribution in [0.2, 0.25) is 0 Å². The molecule has 0 atom stereocenters. The molecule has 172 valence electrons. The maximum absolute atomic E-state index is 13.5. The van der Waals surface area contributed by atoms with Crippen LogP contribution in [0.5, 0.6) is 0 Å². The van der Waals surface area contributed by atoms with Gasteiger partial charge in [0.1, 0.15) is 0 Å². The molecule has 0 aliphatic carbocycles. The van der Waals surface area contributed by atoms with Crippen LogP contribution in [0.3, 0.4) is 0 Å².